The fourth-order valence-corrected chi connectivity index (χ4v) is 2.01. The number of hydrogen-bond acceptors (Lipinski definition) is 5. The van der Waals surface area contributed by atoms with Crippen LogP contribution in [0.3, 0.4) is 0 Å². The summed E-state index contributed by atoms with van der Waals surface area (Å²) in [5.74, 6) is 0.673. The minimum absolute atomic E-state index is 0.233. The van der Waals surface area contributed by atoms with Crippen molar-refractivity contribution in [3.8, 4) is 17.5 Å². The number of rotatable bonds is 3. The lowest BCUT2D eigenvalue weighted by molar-refractivity contribution is 0.102. The van der Waals surface area contributed by atoms with Gasteiger partial charge in [-0.2, -0.15) is 5.26 Å². The van der Waals surface area contributed by atoms with Gasteiger partial charge in [0.2, 0.25) is 11.8 Å². The van der Waals surface area contributed by atoms with Gasteiger partial charge >= 0.3 is 0 Å². The maximum Gasteiger partial charge on any atom is 0.255 e. The smallest absolute Gasteiger partial charge is 0.255 e. The van der Waals surface area contributed by atoms with Crippen molar-refractivity contribution in [3.05, 3.63) is 65.5 Å². The van der Waals surface area contributed by atoms with Gasteiger partial charge in [0.25, 0.3) is 5.91 Å². The molecule has 0 aliphatic rings. The molecular weight excluding hydrogens is 292 g/mol. The van der Waals surface area contributed by atoms with Crippen molar-refractivity contribution in [1.29, 1.82) is 5.26 Å². The first-order valence-electron chi connectivity index (χ1n) is 6.88. The average Bonchev–Trinajstić information content (AvgIpc) is 3.02. The summed E-state index contributed by atoms with van der Waals surface area (Å²) in [6.07, 6.45) is 0. The lowest BCUT2D eigenvalue weighted by atomic mass is 10.1. The van der Waals surface area contributed by atoms with Gasteiger partial charge in [-0.25, -0.2) is 0 Å². The second-order valence-electron chi connectivity index (χ2n) is 4.85. The molecule has 0 saturated heterocycles. The number of nitrogens with zero attached hydrogens (tertiary/aromatic N) is 3. The van der Waals surface area contributed by atoms with Crippen LogP contribution in [0.1, 0.15) is 21.8 Å². The van der Waals surface area contributed by atoms with E-state index in [2.05, 4.69) is 15.5 Å². The molecule has 1 aromatic heterocycles. The predicted octanol–water partition coefficient (Wildman–Crippen LogP) is 3.17. The normalized spacial score (nSPS) is 10.1. The van der Waals surface area contributed by atoms with E-state index in [-0.39, 0.29) is 5.91 Å². The van der Waals surface area contributed by atoms with Crippen LogP contribution < -0.4 is 5.32 Å². The fraction of sp³-hybridized carbons (Fsp3) is 0.0588. The molecule has 1 heterocycles. The van der Waals surface area contributed by atoms with Gasteiger partial charge in [0.05, 0.1) is 11.6 Å². The number of aryl methyl sites for hydroxylation is 1. The third-order valence-corrected chi connectivity index (χ3v) is 3.19. The lowest BCUT2D eigenvalue weighted by Gasteiger charge is -2.05. The minimum atomic E-state index is -0.233. The van der Waals surface area contributed by atoms with E-state index in [9.17, 15) is 4.79 Å². The molecule has 0 fully saturated rings. The van der Waals surface area contributed by atoms with Crippen molar-refractivity contribution < 1.29 is 9.21 Å². The molecular formula is C17H12N4O2. The number of hydrogen-bond donors (Lipinski definition) is 1. The molecule has 0 aliphatic carbocycles. The molecule has 112 valence electrons. The van der Waals surface area contributed by atoms with Crippen molar-refractivity contribution in [2.45, 2.75) is 6.92 Å². The van der Waals surface area contributed by atoms with E-state index in [0.29, 0.717) is 28.6 Å². The summed E-state index contributed by atoms with van der Waals surface area (Å²) in [4.78, 5) is 12.2. The Morgan fingerprint density at radius 2 is 1.78 bits per heavy atom. The zero-order valence-electron chi connectivity index (χ0n) is 12.3. The standard InChI is InChI=1S/C17H12N4O2/c1-11-20-21-17(23-11)14-6-4-13(5-7-14)16(22)19-15-8-2-12(10-18)3-9-15/h2-9H,1H3,(H,19,22). The summed E-state index contributed by atoms with van der Waals surface area (Å²) in [6, 6.07) is 15.6. The van der Waals surface area contributed by atoms with E-state index in [1.807, 2.05) is 6.07 Å². The highest BCUT2D eigenvalue weighted by Gasteiger charge is 2.09. The lowest BCUT2D eigenvalue weighted by Crippen LogP contribution is -2.11. The number of nitrogens with one attached hydrogen (secondary N) is 1. The van der Waals surface area contributed by atoms with E-state index >= 15 is 0 Å². The van der Waals surface area contributed by atoms with Gasteiger partial charge in [-0.15, -0.1) is 10.2 Å². The van der Waals surface area contributed by atoms with Crippen LogP contribution in [0, 0.1) is 18.3 Å². The summed E-state index contributed by atoms with van der Waals surface area (Å²) in [7, 11) is 0. The van der Waals surface area contributed by atoms with Crippen LogP contribution in [0.2, 0.25) is 0 Å². The molecule has 0 unspecified atom stereocenters. The highest BCUT2D eigenvalue weighted by atomic mass is 16.4. The number of carbonyl (C=O) groups is 1. The van der Waals surface area contributed by atoms with Crippen molar-refractivity contribution in [1.82, 2.24) is 10.2 Å². The van der Waals surface area contributed by atoms with Gasteiger partial charge in [0, 0.05) is 23.7 Å². The van der Waals surface area contributed by atoms with Crippen molar-refractivity contribution >= 4 is 11.6 Å². The van der Waals surface area contributed by atoms with Crippen molar-refractivity contribution in [2.24, 2.45) is 0 Å². The third-order valence-electron chi connectivity index (χ3n) is 3.19. The predicted molar refractivity (Wildman–Crippen MR) is 83.6 cm³/mol. The maximum absolute atomic E-state index is 12.2. The molecule has 0 aliphatic heterocycles. The first-order chi connectivity index (χ1) is 11.2. The van der Waals surface area contributed by atoms with Crippen LogP contribution in [0.25, 0.3) is 11.5 Å². The van der Waals surface area contributed by atoms with Gasteiger partial charge < -0.3 is 9.73 Å². The zero-order valence-corrected chi connectivity index (χ0v) is 12.3. The topological polar surface area (TPSA) is 91.8 Å². The number of nitriles is 1. The van der Waals surface area contributed by atoms with E-state index in [4.69, 9.17) is 9.68 Å². The van der Waals surface area contributed by atoms with Crippen LogP contribution >= 0.6 is 0 Å². The van der Waals surface area contributed by atoms with E-state index in [0.717, 1.165) is 5.56 Å². The second-order valence-corrected chi connectivity index (χ2v) is 4.85. The molecule has 6 heteroatoms. The number of aromatic nitrogens is 2. The molecule has 0 spiro atoms. The Morgan fingerprint density at radius 1 is 1.09 bits per heavy atom. The van der Waals surface area contributed by atoms with Crippen LogP contribution in [-0.2, 0) is 0 Å². The Bertz CT molecular complexity index is 874. The molecule has 0 atom stereocenters. The molecule has 3 aromatic rings. The first kappa shape index (κ1) is 14.5. The van der Waals surface area contributed by atoms with Gasteiger partial charge in [-0.3, -0.25) is 4.79 Å². The second kappa shape index (κ2) is 6.12. The molecule has 1 N–H and O–H groups in total. The Balaban J connectivity index is 1.73. The van der Waals surface area contributed by atoms with Crippen LogP contribution in [0.5, 0.6) is 0 Å². The molecule has 3 rings (SSSR count). The zero-order chi connectivity index (χ0) is 16.2. The first-order valence-corrected chi connectivity index (χ1v) is 6.88. The SMILES string of the molecule is Cc1nnc(-c2ccc(C(=O)Nc3ccc(C#N)cc3)cc2)o1. The summed E-state index contributed by atoms with van der Waals surface area (Å²) >= 11 is 0. The molecule has 6 nitrogen and oxygen atoms in total. The number of carbonyl (C=O) groups excluding carboxylic acids is 1. The quantitative estimate of drug-likeness (QED) is 0.802. The van der Waals surface area contributed by atoms with Gasteiger partial charge in [-0.1, -0.05) is 0 Å². The van der Waals surface area contributed by atoms with E-state index in [1.165, 1.54) is 0 Å². The molecule has 1 amide bonds. The van der Waals surface area contributed by atoms with Crippen LogP contribution in [0.15, 0.2) is 52.9 Å². The summed E-state index contributed by atoms with van der Waals surface area (Å²) < 4.78 is 5.34. The third kappa shape index (κ3) is 3.24. The Hall–Kier alpha value is -3.46. The Kier molecular flexibility index (Phi) is 3.85. The highest BCUT2D eigenvalue weighted by molar-refractivity contribution is 6.04. The Labute approximate surface area is 132 Å². The van der Waals surface area contributed by atoms with E-state index in [1.54, 1.807) is 55.5 Å². The summed E-state index contributed by atoms with van der Waals surface area (Å²) in [6.45, 7) is 1.72. The van der Waals surface area contributed by atoms with Gasteiger partial charge in [0.1, 0.15) is 0 Å². The molecule has 2 aromatic carbocycles. The maximum atomic E-state index is 12.2. The van der Waals surface area contributed by atoms with Crippen LogP contribution in [-0.4, -0.2) is 16.1 Å². The minimum Gasteiger partial charge on any atom is -0.421 e. The van der Waals surface area contributed by atoms with Crippen molar-refractivity contribution in [3.63, 3.8) is 0 Å². The monoisotopic (exact) mass is 304 g/mol. The highest BCUT2D eigenvalue weighted by Crippen LogP contribution is 2.19. The number of anilines is 1. The number of benzene rings is 2. The van der Waals surface area contributed by atoms with E-state index < -0.39 is 0 Å². The molecule has 0 bridgehead atoms. The van der Waals surface area contributed by atoms with Gasteiger partial charge in [-0.05, 0) is 48.5 Å². The molecule has 23 heavy (non-hydrogen) atoms. The van der Waals surface area contributed by atoms with Crippen LogP contribution in [0.4, 0.5) is 5.69 Å². The fourth-order valence-electron chi connectivity index (χ4n) is 2.01. The average molecular weight is 304 g/mol. The van der Waals surface area contributed by atoms with Crippen molar-refractivity contribution in [2.75, 3.05) is 5.32 Å². The number of amides is 1. The summed E-state index contributed by atoms with van der Waals surface area (Å²) in [5.41, 5.74) is 2.43. The Morgan fingerprint density at radius 3 is 2.35 bits per heavy atom. The summed E-state index contributed by atoms with van der Waals surface area (Å²) in [5, 5.41) is 19.2. The molecule has 0 radical (unpaired) electrons. The molecule has 0 saturated carbocycles. The largest absolute Gasteiger partial charge is 0.421 e. The van der Waals surface area contributed by atoms with Gasteiger partial charge in [0.15, 0.2) is 0 Å².